The Balaban J connectivity index is 1.92. The van der Waals surface area contributed by atoms with Crippen LogP contribution in [0.2, 0.25) is 10.0 Å². The van der Waals surface area contributed by atoms with Gasteiger partial charge in [0, 0.05) is 29.2 Å². The van der Waals surface area contributed by atoms with E-state index in [2.05, 4.69) is 4.98 Å². The normalized spacial score (nSPS) is 14.2. The number of aromatic nitrogens is 2. The zero-order valence-electron chi connectivity index (χ0n) is 14.9. The van der Waals surface area contributed by atoms with Crippen LogP contribution in [0.25, 0.3) is 17.1 Å². The lowest BCUT2D eigenvalue weighted by atomic mass is 10.1. The minimum Gasteiger partial charge on any atom is -0.328 e. The molecule has 4 rings (SSSR count). The standard InChI is InChI=1S/C20H14Cl2F3N3O/c21-12-5-7-13(8-6-12)28-17-16(9-10-27(19(17)29)11-20(23,24)25)26-18(28)14-3-1-2-4-15(14)22/h1-8H,9-11H2. The first-order valence-corrected chi connectivity index (χ1v) is 9.48. The molecule has 0 saturated heterocycles. The number of carbonyl (C=O) groups excluding carboxylic acids is 1. The topological polar surface area (TPSA) is 38.1 Å². The highest BCUT2D eigenvalue weighted by Crippen LogP contribution is 2.34. The molecule has 1 aliphatic rings. The van der Waals surface area contributed by atoms with Crippen LogP contribution in [0.5, 0.6) is 0 Å². The zero-order chi connectivity index (χ0) is 20.8. The third-order valence-corrected chi connectivity index (χ3v) is 5.21. The summed E-state index contributed by atoms with van der Waals surface area (Å²) < 4.78 is 40.3. The molecule has 1 aliphatic heterocycles. The van der Waals surface area contributed by atoms with E-state index in [9.17, 15) is 18.0 Å². The SMILES string of the molecule is O=C1c2c(nc(-c3ccccc3Cl)n2-c2ccc(Cl)cc2)CCN1CC(F)(F)F. The lowest BCUT2D eigenvalue weighted by Gasteiger charge is -2.28. The van der Waals surface area contributed by atoms with Crippen molar-refractivity contribution in [1.82, 2.24) is 14.5 Å². The molecule has 150 valence electrons. The minimum atomic E-state index is -4.48. The van der Waals surface area contributed by atoms with Crippen molar-refractivity contribution >= 4 is 29.1 Å². The van der Waals surface area contributed by atoms with Gasteiger partial charge in [0.25, 0.3) is 5.91 Å². The Kier molecular flexibility index (Phi) is 5.04. The second kappa shape index (κ2) is 7.39. The lowest BCUT2D eigenvalue weighted by molar-refractivity contribution is -0.141. The predicted octanol–water partition coefficient (Wildman–Crippen LogP) is 5.41. The van der Waals surface area contributed by atoms with Crippen LogP contribution in [0.15, 0.2) is 48.5 Å². The predicted molar refractivity (Wildman–Crippen MR) is 105 cm³/mol. The molecule has 4 nitrogen and oxygen atoms in total. The molecule has 1 aromatic heterocycles. The molecule has 0 unspecified atom stereocenters. The summed E-state index contributed by atoms with van der Waals surface area (Å²) >= 11 is 12.3. The summed E-state index contributed by atoms with van der Waals surface area (Å²) in [4.78, 5) is 18.4. The summed E-state index contributed by atoms with van der Waals surface area (Å²) in [5, 5.41) is 0.914. The molecule has 2 aromatic carbocycles. The van der Waals surface area contributed by atoms with Gasteiger partial charge < -0.3 is 4.90 Å². The molecule has 9 heteroatoms. The number of hydrogen-bond acceptors (Lipinski definition) is 2. The molecule has 0 radical (unpaired) electrons. The first kappa shape index (κ1) is 19.8. The van der Waals surface area contributed by atoms with Crippen LogP contribution in [-0.4, -0.2) is 39.6 Å². The molecular formula is C20H14Cl2F3N3O. The number of nitrogens with zero attached hydrogens (tertiary/aromatic N) is 3. The summed E-state index contributed by atoms with van der Waals surface area (Å²) in [7, 11) is 0. The van der Waals surface area contributed by atoms with Crippen molar-refractivity contribution in [3.63, 3.8) is 0 Å². The maximum atomic E-state index is 13.0. The van der Waals surface area contributed by atoms with Gasteiger partial charge in [0.05, 0.1) is 10.7 Å². The summed E-state index contributed by atoms with van der Waals surface area (Å²) in [6.45, 7) is -1.36. The van der Waals surface area contributed by atoms with Crippen LogP contribution in [0.3, 0.4) is 0 Å². The highest BCUT2D eigenvalue weighted by atomic mass is 35.5. The summed E-state index contributed by atoms with van der Waals surface area (Å²) in [6.07, 6.45) is -4.26. The molecule has 2 heterocycles. The molecule has 0 N–H and O–H groups in total. The number of alkyl halides is 3. The minimum absolute atomic E-state index is 0.0507. The van der Waals surface area contributed by atoms with E-state index in [1.165, 1.54) is 0 Å². The van der Waals surface area contributed by atoms with Gasteiger partial charge in [-0.1, -0.05) is 35.3 Å². The second-order valence-corrected chi connectivity index (χ2v) is 7.46. The monoisotopic (exact) mass is 439 g/mol. The van der Waals surface area contributed by atoms with Crippen molar-refractivity contribution in [2.45, 2.75) is 12.6 Å². The molecule has 0 bridgehead atoms. The number of benzene rings is 2. The summed E-state index contributed by atoms with van der Waals surface area (Å²) in [6, 6.07) is 13.6. The Bertz CT molecular complexity index is 1080. The molecule has 0 atom stereocenters. The third-order valence-electron chi connectivity index (χ3n) is 4.63. The molecular weight excluding hydrogens is 426 g/mol. The Hall–Kier alpha value is -2.51. The van der Waals surface area contributed by atoms with Gasteiger partial charge in [-0.05, 0) is 36.4 Å². The molecule has 1 amide bonds. The largest absolute Gasteiger partial charge is 0.406 e. The quantitative estimate of drug-likeness (QED) is 0.547. The van der Waals surface area contributed by atoms with Crippen molar-refractivity contribution < 1.29 is 18.0 Å². The van der Waals surface area contributed by atoms with Crippen molar-refractivity contribution in [3.05, 3.63) is 70.0 Å². The number of amides is 1. The van der Waals surface area contributed by atoms with Crippen LogP contribution in [0, 0.1) is 0 Å². The van der Waals surface area contributed by atoms with Gasteiger partial charge in [-0.25, -0.2) is 4.98 Å². The van der Waals surface area contributed by atoms with Crippen molar-refractivity contribution in [1.29, 1.82) is 0 Å². The molecule has 0 fully saturated rings. The maximum Gasteiger partial charge on any atom is 0.406 e. The fourth-order valence-electron chi connectivity index (χ4n) is 3.38. The van der Waals surface area contributed by atoms with Gasteiger partial charge in [-0.15, -0.1) is 0 Å². The fraction of sp³-hybridized carbons (Fsp3) is 0.200. The van der Waals surface area contributed by atoms with E-state index < -0.39 is 18.6 Å². The number of fused-ring (bicyclic) bond motifs is 1. The van der Waals surface area contributed by atoms with Crippen LogP contribution in [0.4, 0.5) is 13.2 Å². The van der Waals surface area contributed by atoms with E-state index in [4.69, 9.17) is 23.2 Å². The Morgan fingerprint density at radius 1 is 1.03 bits per heavy atom. The first-order valence-electron chi connectivity index (χ1n) is 8.73. The third kappa shape index (κ3) is 3.84. The van der Waals surface area contributed by atoms with Crippen molar-refractivity contribution in [2.75, 3.05) is 13.1 Å². The van der Waals surface area contributed by atoms with Gasteiger partial charge >= 0.3 is 6.18 Å². The molecule has 0 saturated carbocycles. The zero-order valence-corrected chi connectivity index (χ0v) is 16.4. The Labute approximate surface area is 174 Å². The maximum absolute atomic E-state index is 13.0. The van der Waals surface area contributed by atoms with Gasteiger partial charge in [0.15, 0.2) is 0 Å². The van der Waals surface area contributed by atoms with E-state index >= 15 is 0 Å². The number of carbonyl (C=O) groups is 1. The van der Waals surface area contributed by atoms with Gasteiger partial charge in [-0.3, -0.25) is 9.36 Å². The average Bonchev–Trinajstić information content (AvgIpc) is 3.04. The van der Waals surface area contributed by atoms with Crippen LogP contribution >= 0.6 is 23.2 Å². The molecule has 29 heavy (non-hydrogen) atoms. The van der Waals surface area contributed by atoms with E-state index in [0.717, 1.165) is 4.90 Å². The summed E-state index contributed by atoms with van der Waals surface area (Å²) in [5.41, 5.74) is 1.69. The van der Waals surface area contributed by atoms with Crippen LogP contribution in [-0.2, 0) is 6.42 Å². The number of hydrogen-bond donors (Lipinski definition) is 0. The van der Waals surface area contributed by atoms with Crippen molar-refractivity contribution in [3.8, 4) is 17.1 Å². The molecule has 3 aromatic rings. The number of imidazole rings is 1. The Morgan fingerprint density at radius 3 is 2.38 bits per heavy atom. The second-order valence-electron chi connectivity index (χ2n) is 6.61. The van der Waals surface area contributed by atoms with E-state index in [1.807, 2.05) is 0 Å². The molecule has 0 aliphatic carbocycles. The van der Waals surface area contributed by atoms with E-state index in [0.29, 0.717) is 32.8 Å². The summed E-state index contributed by atoms with van der Waals surface area (Å²) in [5.74, 6) is -0.325. The fourth-order valence-corrected chi connectivity index (χ4v) is 3.73. The molecule has 0 spiro atoms. The lowest BCUT2D eigenvalue weighted by Crippen LogP contribution is -2.44. The highest BCUT2D eigenvalue weighted by Gasteiger charge is 2.38. The first-order chi connectivity index (χ1) is 13.7. The average molecular weight is 440 g/mol. The Morgan fingerprint density at radius 2 is 1.72 bits per heavy atom. The number of rotatable bonds is 3. The van der Waals surface area contributed by atoms with E-state index in [1.54, 1.807) is 53.1 Å². The highest BCUT2D eigenvalue weighted by molar-refractivity contribution is 6.33. The van der Waals surface area contributed by atoms with E-state index in [-0.39, 0.29) is 18.7 Å². The van der Waals surface area contributed by atoms with Gasteiger partial charge in [-0.2, -0.15) is 13.2 Å². The van der Waals surface area contributed by atoms with Gasteiger partial charge in [0.2, 0.25) is 0 Å². The number of halogens is 5. The van der Waals surface area contributed by atoms with Crippen LogP contribution < -0.4 is 0 Å². The smallest absolute Gasteiger partial charge is 0.328 e. The van der Waals surface area contributed by atoms with Gasteiger partial charge in [0.1, 0.15) is 18.1 Å². The van der Waals surface area contributed by atoms with Crippen molar-refractivity contribution in [2.24, 2.45) is 0 Å². The van der Waals surface area contributed by atoms with Crippen LogP contribution in [0.1, 0.15) is 16.2 Å².